The van der Waals surface area contributed by atoms with Crippen LogP contribution in [0.15, 0.2) is 24.3 Å². The average molecular weight is 252 g/mol. The second-order valence-electron chi connectivity index (χ2n) is 4.58. The molecule has 0 aliphatic heterocycles. The highest BCUT2D eigenvalue weighted by molar-refractivity contribution is 7.98. The Morgan fingerprint density at radius 3 is 2.65 bits per heavy atom. The Labute approximate surface area is 110 Å². The summed E-state index contributed by atoms with van der Waals surface area (Å²) < 4.78 is 0. The zero-order valence-corrected chi connectivity index (χ0v) is 12.2. The number of rotatable bonds is 7. The summed E-state index contributed by atoms with van der Waals surface area (Å²) in [6.45, 7) is 6.40. The lowest BCUT2D eigenvalue weighted by Gasteiger charge is -2.22. The molecule has 96 valence electrons. The summed E-state index contributed by atoms with van der Waals surface area (Å²) in [5.41, 5.74) is 2.72. The predicted molar refractivity (Wildman–Crippen MR) is 80.1 cm³/mol. The van der Waals surface area contributed by atoms with Gasteiger partial charge in [0, 0.05) is 37.6 Å². The van der Waals surface area contributed by atoms with Crippen molar-refractivity contribution >= 4 is 17.4 Å². The molecule has 0 aliphatic rings. The lowest BCUT2D eigenvalue weighted by atomic mass is 10.1. The van der Waals surface area contributed by atoms with Gasteiger partial charge < -0.3 is 10.2 Å². The number of thioether (sulfide) groups is 1. The fourth-order valence-electron chi connectivity index (χ4n) is 1.70. The largest absolute Gasteiger partial charge is 0.374 e. The van der Waals surface area contributed by atoms with Gasteiger partial charge in [-0.15, -0.1) is 0 Å². The highest BCUT2D eigenvalue weighted by Crippen LogP contribution is 2.19. The Kier molecular flexibility index (Phi) is 6.45. The Morgan fingerprint density at radius 1 is 1.29 bits per heavy atom. The molecule has 17 heavy (non-hydrogen) atoms. The van der Waals surface area contributed by atoms with E-state index in [1.54, 1.807) is 0 Å². The fourth-order valence-corrected chi connectivity index (χ4v) is 2.15. The first-order valence-corrected chi connectivity index (χ1v) is 7.56. The summed E-state index contributed by atoms with van der Waals surface area (Å²) in [7, 11) is 2.17. The van der Waals surface area contributed by atoms with Crippen molar-refractivity contribution < 1.29 is 0 Å². The number of nitrogens with zero attached hydrogens (tertiary/aromatic N) is 1. The maximum atomic E-state index is 3.48. The highest BCUT2D eigenvalue weighted by Gasteiger charge is 2.06. The van der Waals surface area contributed by atoms with Crippen molar-refractivity contribution in [2.24, 2.45) is 0 Å². The van der Waals surface area contributed by atoms with Crippen molar-refractivity contribution in [3.05, 3.63) is 29.8 Å². The Balaban J connectivity index is 2.69. The molecule has 3 heteroatoms. The Bertz CT molecular complexity index is 326. The van der Waals surface area contributed by atoms with Gasteiger partial charge in [0.1, 0.15) is 0 Å². The van der Waals surface area contributed by atoms with Crippen LogP contribution in [0, 0.1) is 0 Å². The lowest BCUT2D eigenvalue weighted by molar-refractivity contribution is 0.588. The van der Waals surface area contributed by atoms with Crippen LogP contribution in [0.5, 0.6) is 0 Å². The van der Waals surface area contributed by atoms with Crippen molar-refractivity contribution in [2.45, 2.75) is 26.4 Å². The van der Waals surface area contributed by atoms with Gasteiger partial charge in [0.15, 0.2) is 0 Å². The molecule has 0 heterocycles. The van der Waals surface area contributed by atoms with Gasteiger partial charge >= 0.3 is 0 Å². The monoisotopic (exact) mass is 252 g/mol. The molecular formula is C14H24N2S. The Morgan fingerprint density at radius 2 is 2.00 bits per heavy atom. The van der Waals surface area contributed by atoms with E-state index in [9.17, 15) is 0 Å². The normalized spacial score (nSPS) is 10.9. The number of anilines is 1. The first-order valence-electron chi connectivity index (χ1n) is 6.16. The van der Waals surface area contributed by atoms with E-state index in [1.165, 1.54) is 17.0 Å². The molecule has 2 nitrogen and oxygen atoms in total. The zero-order chi connectivity index (χ0) is 12.7. The van der Waals surface area contributed by atoms with Gasteiger partial charge in [-0.2, -0.15) is 11.8 Å². The third-order valence-electron chi connectivity index (χ3n) is 2.73. The minimum atomic E-state index is 0.527. The van der Waals surface area contributed by atoms with Crippen LogP contribution in [0.2, 0.25) is 0 Å². The van der Waals surface area contributed by atoms with Crippen LogP contribution in [0.25, 0.3) is 0 Å². The third-order valence-corrected chi connectivity index (χ3v) is 3.33. The third kappa shape index (κ3) is 5.00. The smallest absolute Gasteiger partial charge is 0.0409 e. The maximum Gasteiger partial charge on any atom is 0.0409 e. The molecule has 0 bridgehead atoms. The van der Waals surface area contributed by atoms with Gasteiger partial charge in [0.05, 0.1) is 0 Å². The standard InChI is InChI=1S/C14H24N2S/c1-12(2)15-11-13-7-5-6-8-14(13)16(3)9-10-17-4/h5-8,12,15H,9-11H2,1-4H3. The summed E-state index contributed by atoms with van der Waals surface area (Å²) >= 11 is 1.89. The molecule has 1 rings (SSSR count). The molecule has 0 atom stereocenters. The summed E-state index contributed by atoms with van der Waals surface area (Å²) in [5, 5.41) is 3.48. The molecule has 1 N–H and O–H groups in total. The van der Waals surface area contributed by atoms with E-state index in [0.29, 0.717) is 6.04 Å². The molecule has 0 saturated carbocycles. The highest BCUT2D eigenvalue weighted by atomic mass is 32.2. The quantitative estimate of drug-likeness (QED) is 0.803. The van der Waals surface area contributed by atoms with Crippen LogP contribution in [-0.4, -0.2) is 31.6 Å². The van der Waals surface area contributed by atoms with Crippen molar-refractivity contribution in [3.8, 4) is 0 Å². The molecule has 0 unspecified atom stereocenters. The van der Waals surface area contributed by atoms with E-state index in [2.05, 4.69) is 61.6 Å². The van der Waals surface area contributed by atoms with Crippen molar-refractivity contribution in [2.75, 3.05) is 30.5 Å². The average Bonchev–Trinajstić information content (AvgIpc) is 2.33. The molecular weight excluding hydrogens is 228 g/mol. The Hall–Kier alpha value is -0.670. The minimum Gasteiger partial charge on any atom is -0.374 e. The van der Waals surface area contributed by atoms with E-state index in [0.717, 1.165) is 13.1 Å². The van der Waals surface area contributed by atoms with Crippen LogP contribution < -0.4 is 10.2 Å². The first kappa shape index (κ1) is 14.4. The molecule has 0 amide bonds. The van der Waals surface area contributed by atoms with E-state index in [1.807, 2.05) is 11.8 Å². The second kappa shape index (κ2) is 7.62. The first-order chi connectivity index (χ1) is 8.15. The summed E-state index contributed by atoms with van der Waals surface area (Å²) in [4.78, 5) is 2.34. The number of nitrogens with one attached hydrogen (secondary N) is 1. The van der Waals surface area contributed by atoms with E-state index in [4.69, 9.17) is 0 Å². The molecule has 0 aliphatic carbocycles. The molecule has 0 aromatic heterocycles. The van der Waals surface area contributed by atoms with E-state index in [-0.39, 0.29) is 0 Å². The van der Waals surface area contributed by atoms with Crippen LogP contribution >= 0.6 is 11.8 Å². The SMILES string of the molecule is CSCCN(C)c1ccccc1CNC(C)C. The summed E-state index contributed by atoms with van der Waals surface area (Å²) in [5.74, 6) is 1.17. The lowest BCUT2D eigenvalue weighted by Crippen LogP contribution is -2.25. The zero-order valence-electron chi connectivity index (χ0n) is 11.4. The van der Waals surface area contributed by atoms with Crippen molar-refractivity contribution in [1.82, 2.24) is 5.32 Å². The van der Waals surface area contributed by atoms with Crippen molar-refractivity contribution in [3.63, 3.8) is 0 Å². The summed E-state index contributed by atoms with van der Waals surface area (Å²) in [6.07, 6.45) is 2.15. The molecule has 0 radical (unpaired) electrons. The number of hydrogen-bond donors (Lipinski definition) is 1. The molecule has 1 aromatic rings. The fraction of sp³-hybridized carbons (Fsp3) is 0.571. The van der Waals surface area contributed by atoms with Gasteiger partial charge in [-0.3, -0.25) is 0 Å². The van der Waals surface area contributed by atoms with Crippen LogP contribution in [0.3, 0.4) is 0 Å². The van der Waals surface area contributed by atoms with Crippen LogP contribution in [0.1, 0.15) is 19.4 Å². The van der Waals surface area contributed by atoms with Crippen molar-refractivity contribution in [1.29, 1.82) is 0 Å². The minimum absolute atomic E-state index is 0.527. The predicted octanol–water partition coefficient (Wildman–Crippen LogP) is 2.98. The van der Waals surface area contributed by atoms with E-state index >= 15 is 0 Å². The topological polar surface area (TPSA) is 15.3 Å². The van der Waals surface area contributed by atoms with E-state index < -0.39 is 0 Å². The second-order valence-corrected chi connectivity index (χ2v) is 5.56. The molecule has 0 spiro atoms. The van der Waals surface area contributed by atoms with Gasteiger partial charge in [-0.1, -0.05) is 32.0 Å². The molecule has 1 aromatic carbocycles. The van der Waals surface area contributed by atoms with Gasteiger partial charge in [-0.05, 0) is 17.9 Å². The number of benzene rings is 1. The van der Waals surface area contributed by atoms with Gasteiger partial charge in [-0.25, -0.2) is 0 Å². The van der Waals surface area contributed by atoms with Crippen LogP contribution in [0.4, 0.5) is 5.69 Å². The van der Waals surface area contributed by atoms with Crippen LogP contribution in [-0.2, 0) is 6.54 Å². The van der Waals surface area contributed by atoms with Gasteiger partial charge in [0.2, 0.25) is 0 Å². The van der Waals surface area contributed by atoms with Gasteiger partial charge in [0.25, 0.3) is 0 Å². The number of para-hydroxylation sites is 1. The maximum absolute atomic E-state index is 3.48. The molecule has 0 saturated heterocycles. The summed E-state index contributed by atoms with van der Waals surface area (Å²) in [6, 6.07) is 9.17. The number of hydrogen-bond acceptors (Lipinski definition) is 3. The molecule has 0 fully saturated rings.